The Morgan fingerprint density at radius 1 is 1.29 bits per heavy atom. The molecule has 24 heavy (non-hydrogen) atoms. The van der Waals surface area contributed by atoms with E-state index in [2.05, 4.69) is 20.9 Å². The molecule has 1 aliphatic rings. The molecule has 1 aromatic carbocycles. The van der Waals surface area contributed by atoms with Crippen LogP contribution in [0.1, 0.15) is 30.1 Å². The van der Waals surface area contributed by atoms with Crippen LogP contribution in [0.2, 0.25) is 0 Å². The number of rotatable bonds is 3. The molecule has 3 heterocycles. The van der Waals surface area contributed by atoms with Crippen LogP contribution in [0.15, 0.2) is 53.6 Å². The molecule has 0 radical (unpaired) electrons. The summed E-state index contributed by atoms with van der Waals surface area (Å²) < 4.78 is 14.0. The third-order valence-electron chi connectivity index (χ3n) is 4.68. The van der Waals surface area contributed by atoms with E-state index >= 15 is 0 Å². The Morgan fingerprint density at radius 2 is 2.21 bits per heavy atom. The quantitative estimate of drug-likeness (QED) is 0.804. The number of pyridine rings is 2. The van der Waals surface area contributed by atoms with Gasteiger partial charge in [-0.15, -0.1) is 0 Å². The van der Waals surface area contributed by atoms with Crippen molar-refractivity contribution in [3.63, 3.8) is 0 Å². The van der Waals surface area contributed by atoms with Crippen molar-refractivity contribution >= 4 is 10.9 Å². The zero-order valence-corrected chi connectivity index (χ0v) is 13.2. The van der Waals surface area contributed by atoms with Gasteiger partial charge in [0.05, 0.1) is 5.52 Å². The van der Waals surface area contributed by atoms with Crippen molar-refractivity contribution in [1.82, 2.24) is 14.9 Å². The summed E-state index contributed by atoms with van der Waals surface area (Å²) >= 11 is 0. The number of aromatic nitrogens is 2. The first-order valence-corrected chi connectivity index (χ1v) is 8.17. The van der Waals surface area contributed by atoms with Gasteiger partial charge in [0.1, 0.15) is 5.82 Å². The molecule has 1 atom stereocenters. The second-order valence-corrected chi connectivity index (χ2v) is 6.24. The van der Waals surface area contributed by atoms with Crippen molar-refractivity contribution < 1.29 is 4.39 Å². The van der Waals surface area contributed by atoms with Crippen molar-refractivity contribution in [2.24, 2.45) is 0 Å². The van der Waals surface area contributed by atoms with E-state index in [4.69, 9.17) is 0 Å². The number of H-pyrrole nitrogens is 1. The maximum Gasteiger partial charge on any atom is 0.189 e. The maximum absolute atomic E-state index is 14.0. The molecule has 4 nitrogen and oxygen atoms in total. The van der Waals surface area contributed by atoms with E-state index in [1.54, 1.807) is 24.4 Å². The molecule has 0 unspecified atom stereocenters. The minimum Gasteiger partial charge on any atom is -0.355 e. The van der Waals surface area contributed by atoms with Crippen LogP contribution in [0.5, 0.6) is 0 Å². The zero-order chi connectivity index (χ0) is 16.5. The number of para-hydroxylation sites is 1. The van der Waals surface area contributed by atoms with Gasteiger partial charge in [-0.1, -0.05) is 12.1 Å². The minimum atomic E-state index is -0.392. The lowest BCUT2D eigenvalue weighted by molar-refractivity contribution is 0.245. The molecule has 4 rings (SSSR count). The molecule has 1 fully saturated rings. The van der Waals surface area contributed by atoms with E-state index < -0.39 is 5.82 Å². The molecule has 122 valence electrons. The average molecular weight is 323 g/mol. The van der Waals surface area contributed by atoms with E-state index in [1.165, 1.54) is 11.6 Å². The SMILES string of the molecule is O=c1cc(CN2CCC[C@@H]2c2cccnc2)[nH]c2c(F)cccc12. The number of nitrogens with one attached hydrogen (secondary N) is 1. The van der Waals surface area contributed by atoms with Gasteiger partial charge in [-0.05, 0) is 43.1 Å². The molecule has 1 aliphatic heterocycles. The van der Waals surface area contributed by atoms with E-state index in [9.17, 15) is 9.18 Å². The van der Waals surface area contributed by atoms with Crippen molar-refractivity contribution in [2.75, 3.05) is 6.54 Å². The maximum atomic E-state index is 14.0. The van der Waals surface area contributed by atoms with Gasteiger partial charge in [0.15, 0.2) is 5.43 Å². The van der Waals surface area contributed by atoms with Gasteiger partial charge in [-0.25, -0.2) is 4.39 Å². The number of nitrogens with zero attached hydrogens (tertiary/aromatic N) is 2. The van der Waals surface area contributed by atoms with Crippen molar-refractivity contribution in [3.05, 3.63) is 76.1 Å². The van der Waals surface area contributed by atoms with Gasteiger partial charge in [-0.3, -0.25) is 14.7 Å². The Labute approximate surface area is 139 Å². The smallest absolute Gasteiger partial charge is 0.189 e. The number of fused-ring (bicyclic) bond motifs is 1. The fourth-order valence-electron chi connectivity index (χ4n) is 3.56. The van der Waals surface area contributed by atoms with Gasteiger partial charge in [-0.2, -0.15) is 0 Å². The molecule has 2 aromatic heterocycles. The number of likely N-dealkylation sites (tertiary alicyclic amines) is 1. The lowest BCUT2D eigenvalue weighted by Gasteiger charge is -2.24. The second-order valence-electron chi connectivity index (χ2n) is 6.24. The summed E-state index contributed by atoms with van der Waals surface area (Å²) in [5.41, 5.74) is 2.07. The first-order valence-electron chi connectivity index (χ1n) is 8.17. The summed E-state index contributed by atoms with van der Waals surface area (Å²) in [4.78, 5) is 21.9. The van der Waals surface area contributed by atoms with Gasteiger partial charge >= 0.3 is 0 Å². The van der Waals surface area contributed by atoms with Crippen LogP contribution in [0.25, 0.3) is 10.9 Å². The summed E-state index contributed by atoms with van der Waals surface area (Å²) in [6, 6.07) is 10.5. The highest BCUT2D eigenvalue weighted by Crippen LogP contribution is 2.32. The highest BCUT2D eigenvalue weighted by atomic mass is 19.1. The number of benzene rings is 1. The predicted octanol–water partition coefficient (Wildman–Crippen LogP) is 3.40. The Balaban J connectivity index is 1.66. The van der Waals surface area contributed by atoms with E-state index in [-0.39, 0.29) is 10.9 Å². The monoisotopic (exact) mass is 323 g/mol. The van der Waals surface area contributed by atoms with Crippen LogP contribution >= 0.6 is 0 Å². The highest BCUT2D eigenvalue weighted by Gasteiger charge is 2.26. The van der Waals surface area contributed by atoms with Crippen molar-refractivity contribution in [2.45, 2.75) is 25.4 Å². The third-order valence-corrected chi connectivity index (χ3v) is 4.68. The Morgan fingerprint density at radius 3 is 3.04 bits per heavy atom. The summed E-state index contributed by atoms with van der Waals surface area (Å²) in [5, 5.41) is 0.393. The average Bonchev–Trinajstić information content (AvgIpc) is 3.05. The van der Waals surface area contributed by atoms with Gasteiger partial charge < -0.3 is 4.98 Å². The van der Waals surface area contributed by atoms with Gasteiger partial charge in [0.25, 0.3) is 0 Å². The number of halogens is 1. The fraction of sp³-hybridized carbons (Fsp3) is 0.263. The van der Waals surface area contributed by atoms with Crippen LogP contribution in [0.4, 0.5) is 4.39 Å². The topological polar surface area (TPSA) is 49.0 Å². The van der Waals surface area contributed by atoms with Crippen LogP contribution in [0, 0.1) is 5.82 Å². The molecular weight excluding hydrogens is 305 g/mol. The molecule has 5 heteroatoms. The zero-order valence-electron chi connectivity index (χ0n) is 13.2. The normalized spacial score (nSPS) is 18.3. The Bertz CT molecular complexity index is 923. The van der Waals surface area contributed by atoms with Crippen LogP contribution in [-0.4, -0.2) is 21.4 Å². The first-order chi connectivity index (χ1) is 11.7. The highest BCUT2D eigenvalue weighted by molar-refractivity contribution is 5.78. The van der Waals surface area contributed by atoms with Crippen LogP contribution in [-0.2, 0) is 6.54 Å². The van der Waals surface area contributed by atoms with Crippen molar-refractivity contribution in [1.29, 1.82) is 0 Å². The van der Waals surface area contributed by atoms with Crippen LogP contribution < -0.4 is 5.43 Å². The molecule has 0 bridgehead atoms. The molecule has 0 aliphatic carbocycles. The molecule has 1 saturated heterocycles. The predicted molar refractivity (Wildman–Crippen MR) is 91.1 cm³/mol. The minimum absolute atomic E-state index is 0.143. The fourth-order valence-corrected chi connectivity index (χ4v) is 3.56. The lowest BCUT2D eigenvalue weighted by atomic mass is 10.1. The molecule has 0 spiro atoms. The molecule has 0 amide bonds. The first kappa shape index (κ1) is 15.0. The number of hydrogen-bond acceptors (Lipinski definition) is 3. The summed E-state index contributed by atoms with van der Waals surface area (Å²) in [5.74, 6) is -0.392. The molecule has 1 N–H and O–H groups in total. The van der Waals surface area contributed by atoms with Gasteiger partial charge in [0, 0.05) is 42.1 Å². The summed E-state index contributed by atoms with van der Waals surface area (Å²) in [6.45, 7) is 1.55. The Kier molecular flexibility index (Phi) is 3.86. The largest absolute Gasteiger partial charge is 0.355 e. The molecule has 3 aromatic rings. The molecule has 0 saturated carbocycles. The summed E-state index contributed by atoms with van der Waals surface area (Å²) in [7, 11) is 0. The van der Waals surface area contributed by atoms with Crippen LogP contribution in [0.3, 0.4) is 0 Å². The Hall–Kier alpha value is -2.53. The lowest BCUT2D eigenvalue weighted by Crippen LogP contribution is -2.24. The van der Waals surface area contributed by atoms with E-state index in [0.29, 0.717) is 18.0 Å². The van der Waals surface area contributed by atoms with E-state index in [1.807, 2.05) is 12.3 Å². The summed E-state index contributed by atoms with van der Waals surface area (Å²) in [6.07, 6.45) is 5.84. The number of aromatic amines is 1. The van der Waals surface area contributed by atoms with Gasteiger partial charge in [0.2, 0.25) is 0 Å². The van der Waals surface area contributed by atoms with Crippen molar-refractivity contribution in [3.8, 4) is 0 Å². The second kappa shape index (κ2) is 6.17. The number of hydrogen-bond donors (Lipinski definition) is 1. The standard InChI is InChI=1S/C19H18FN3O/c20-16-6-1-5-15-18(24)10-14(22-19(15)16)12-23-9-3-7-17(23)13-4-2-8-21-11-13/h1-2,4-6,8,10-11,17H,3,7,9,12H2,(H,22,24)/t17-/m1/s1. The third kappa shape index (κ3) is 2.71. The van der Waals surface area contributed by atoms with E-state index in [0.717, 1.165) is 25.1 Å². The molecular formula is C19H18FN3O.